The van der Waals surface area contributed by atoms with Crippen LogP contribution in [0.5, 0.6) is 0 Å². The fraction of sp³-hybridized carbons (Fsp3) is 0.571. The number of aliphatic hydroxyl groups is 2. The highest BCUT2D eigenvalue weighted by Gasteiger charge is 1.90. The Bertz CT molecular complexity index is 293. The predicted molar refractivity (Wildman–Crippen MR) is 76.4 cm³/mol. The molecule has 0 fully saturated rings. The summed E-state index contributed by atoms with van der Waals surface area (Å²) in [4.78, 5) is 19.3. The third-order valence-corrected chi connectivity index (χ3v) is 1.44. The van der Waals surface area contributed by atoms with E-state index in [1.807, 2.05) is 0 Å². The highest BCUT2D eigenvalue weighted by molar-refractivity contribution is 5.67. The van der Waals surface area contributed by atoms with Crippen LogP contribution in [-0.4, -0.2) is 58.8 Å². The summed E-state index contributed by atoms with van der Waals surface area (Å²) in [6, 6.07) is 0. The first-order valence-electron chi connectivity index (χ1n) is 6.06. The fourth-order valence-corrected chi connectivity index (χ4v) is 0.589. The molecule has 0 aromatic rings. The minimum absolute atomic E-state index is 0.0278. The molecule has 0 bridgehead atoms. The average Bonchev–Trinajstić information content (AvgIpc) is 2.44. The first-order valence-corrected chi connectivity index (χ1v) is 6.06. The number of hydrogen-bond acceptors (Lipinski definition) is 5. The molecular weight excluding hydrogens is 280 g/mol. The lowest BCUT2D eigenvalue weighted by atomic mass is 10.3. The minimum atomic E-state index is -0.835. The zero-order chi connectivity index (χ0) is 16.9. The Morgan fingerprint density at radius 3 is 1.33 bits per heavy atom. The van der Waals surface area contributed by atoms with E-state index < -0.39 is 11.9 Å². The van der Waals surface area contributed by atoms with E-state index in [2.05, 4.69) is 16.6 Å². The lowest BCUT2D eigenvalue weighted by molar-refractivity contribution is -0.137. The van der Waals surface area contributed by atoms with E-state index in [9.17, 15) is 9.59 Å². The van der Waals surface area contributed by atoms with Gasteiger partial charge in [0, 0.05) is 12.8 Å². The summed E-state index contributed by atoms with van der Waals surface area (Å²) < 4.78 is 4.63. The quantitative estimate of drug-likeness (QED) is 0.366. The molecule has 0 aliphatic rings. The van der Waals surface area contributed by atoms with Crippen LogP contribution in [0.1, 0.15) is 25.7 Å². The number of aliphatic carboxylic acids is 2. The number of carboxylic acid groups (broad SMARTS) is 2. The summed E-state index contributed by atoms with van der Waals surface area (Å²) in [6.07, 6.45) is 10.3. The molecule has 0 atom stereocenters. The second-order valence-electron chi connectivity index (χ2n) is 3.26. The maximum atomic E-state index is 9.66. The standard InChI is InChI=1S/2C5H6O2.C4H10O3/c2*1-2-3-4-5(6)7;5-1-3-7-4-2-6/h2*1H,3-4H2,(H,6,7);5-6H,1-4H2. The average molecular weight is 302 g/mol. The second kappa shape index (κ2) is 23.1. The van der Waals surface area contributed by atoms with Gasteiger partial charge in [-0.2, -0.15) is 0 Å². The van der Waals surface area contributed by atoms with E-state index in [1.165, 1.54) is 0 Å². The zero-order valence-electron chi connectivity index (χ0n) is 11.8. The van der Waals surface area contributed by atoms with Crippen LogP contribution in [0.3, 0.4) is 0 Å². The van der Waals surface area contributed by atoms with Crippen molar-refractivity contribution in [3.8, 4) is 24.7 Å². The van der Waals surface area contributed by atoms with E-state index in [1.54, 1.807) is 0 Å². The largest absolute Gasteiger partial charge is 0.481 e. The second-order valence-corrected chi connectivity index (χ2v) is 3.26. The Labute approximate surface area is 124 Å². The molecule has 4 N–H and O–H groups in total. The molecule has 0 unspecified atom stereocenters. The lowest BCUT2D eigenvalue weighted by Crippen LogP contribution is -2.03. The van der Waals surface area contributed by atoms with Crippen molar-refractivity contribution >= 4 is 11.9 Å². The molecule has 0 aromatic carbocycles. The summed E-state index contributed by atoms with van der Waals surface area (Å²) >= 11 is 0. The van der Waals surface area contributed by atoms with Gasteiger partial charge in [-0.3, -0.25) is 9.59 Å². The van der Waals surface area contributed by atoms with Gasteiger partial charge in [0.2, 0.25) is 0 Å². The van der Waals surface area contributed by atoms with E-state index >= 15 is 0 Å². The van der Waals surface area contributed by atoms with Gasteiger partial charge in [0.25, 0.3) is 0 Å². The van der Waals surface area contributed by atoms with Gasteiger partial charge in [0.1, 0.15) is 0 Å². The normalized spacial score (nSPS) is 8.00. The van der Waals surface area contributed by atoms with Crippen molar-refractivity contribution < 1.29 is 34.8 Å². The Hall–Kier alpha value is -2.06. The molecule has 120 valence electrons. The molecule has 0 amide bonds. The van der Waals surface area contributed by atoms with Gasteiger partial charge in [-0.25, -0.2) is 0 Å². The Morgan fingerprint density at radius 2 is 1.19 bits per heavy atom. The molecule has 7 nitrogen and oxygen atoms in total. The molecule has 0 rings (SSSR count). The van der Waals surface area contributed by atoms with Crippen molar-refractivity contribution in [2.75, 3.05) is 26.4 Å². The first kappa shape index (κ1) is 24.0. The summed E-state index contributed by atoms with van der Waals surface area (Å²) in [5, 5.41) is 32.1. The van der Waals surface area contributed by atoms with Crippen LogP contribution in [0, 0.1) is 24.7 Å². The Kier molecular flexibility index (Phi) is 26.3. The molecule has 21 heavy (non-hydrogen) atoms. The number of terminal acetylenes is 2. The van der Waals surface area contributed by atoms with Gasteiger partial charge >= 0.3 is 11.9 Å². The number of carboxylic acids is 2. The van der Waals surface area contributed by atoms with Crippen molar-refractivity contribution in [2.45, 2.75) is 25.7 Å². The predicted octanol–water partition coefficient (Wildman–Crippen LogP) is -0.0436. The molecular formula is C14H22O7. The lowest BCUT2D eigenvalue weighted by Gasteiger charge is -1.94. The maximum Gasteiger partial charge on any atom is 0.304 e. The first-order chi connectivity index (χ1) is 9.95. The monoisotopic (exact) mass is 302 g/mol. The van der Waals surface area contributed by atoms with Crippen molar-refractivity contribution in [1.29, 1.82) is 0 Å². The molecule has 0 saturated heterocycles. The van der Waals surface area contributed by atoms with Gasteiger partial charge in [0.05, 0.1) is 39.3 Å². The van der Waals surface area contributed by atoms with Gasteiger partial charge in [0.15, 0.2) is 0 Å². The summed E-state index contributed by atoms with van der Waals surface area (Å²) in [6.45, 7) is 0.696. The van der Waals surface area contributed by atoms with Gasteiger partial charge < -0.3 is 25.2 Å². The van der Waals surface area contributed by atoms with E-state index in [0.717, 1.165) is 0 Å². The smallest absolute Gasteiger partial charge is 0.304 e. The molecule has 0 aliphatic heterocycles. The SMILES string of the molecule is C#CCCC(=O)O.C#CCCC(=O)O.OCCOCCO. The van der Waals surface area contributed by atoms with E-state index in [4.69, 9.17) is 33.3 Å². The van der Waals surface area contributed by atoms with E-state index in [0.29, 0.717) is 26.1 Å². The molecule has 7 heteroatoms. The van der Waals surface area contributed by atoms with Crippen LogP contribution >= 0.6 is 0 Å². The van der Waals surface area contributed by atoms with Crippen molar-refractivity contribution in [3.05, 3.63) is 0 Å². The Morgan fingerprint density at radius 1 is 0.857 bits per heavy atom. The van der Waals surface area contributed by atoms with Crippen molar-refractivity contribution in [2.24, 2.45) is 0 Å². The molecule has 0 heterocycles. The highest BCUT2D eigenvalue weighted by Crippen LogP contribution is 1.83. The Balaban J connectivity index is -0.000000231. The summed E-state index contributed by atoms with van der Waals surface area (Å²) in [7, 11) is 0. The van der Waals surface area contributed by atoms with Crippen LogP contribution in [0.2, 0.25) is 0 Å². The van der Waals surface area contributed by atoms with Crippen LogP contribution in [0.25, 0.3) is 0 Å². The maximum absolute atomic E-state index is 9.66. The van der Waals surface area contributed by atoms with Crippen LogP contribution in [0.15, 0.2) is 0 Å². The minimum Gasteiger partial charge on any atom is -0.481 e. The molecule has 0 saturated carbocycles. The van der Waals surface area contributed by atoms with Crippen LogP contribution in [0.4, 0.5) is 0 Å². The number of rotatable bonds is 8. The number of carbonyl (C=O) groups is 2. The number of aliphatic hydroxyl groups excluding tert-OH is 2. The van der Waals surface area contributed by atoms with Crippen LogP contribution in [-0.2, 0) is 14.3 Å². The number of hydrogen-bond donors (Lipinski definition) is 4. The summed E-state index contributed by atoms with van der Waals surface area (Å²) in [5.74, 6) is 2.77. The van der Waals surface area contributed by atoms with Crippen molar-refractivity contribution in [1.82, 2.24) is 0 Å². The third-order valence-electron chi connectivity index (χ3n) is 1.44. The van der Waals surface area contributed by atoms with Gasteiger partial charge in [-0.1, -0.05) is 0 Å². The molecule has 0 radical (unpaired) electrons. The van der Waals surface area contributed by atoms with Gasteiger partial charge in [-0.15, -0.1) is 24.7 Å². The topological polar surface area (TPSA) is 124 Å². The van der Waals surface area contributed by atoms with Crippen molar-refractivity contribution in [3.63, 3.8) is 0 Å². The summed E-state index contributed by atoms with van der Waals surface area (Å²) in [5.41, 5.74) is 0. The zero-order valence-corrected chi connectivity index (χ0v) is 11.8. The fourth-order valence-electron chi connectivity index (χ4n) is 0.589. The van der Waals surface area contributed by atoms with E-state index in [-0.39, 0.29) is 26.1 Å². The molecule has 0 aliphatic carbocycles. The number of ether oxygens (including phenoxy) is 1. The van der Waals surface area contributed by atoms with Crippen LogP contribution < -0.4 is 0 Å². The third kappa shape index (κ3) is 46.1. The van der Waals surface area contributed by atoms with Gasteiger partial charge in [-0.05, 0) is 0 Å². The molecule has 0 spiro atoms. The highest BCUT2D eigenvalue weighted by atomic mass is 16.5. The molecule has 0 aromatic heterocycles.